The van der Waals surface area contributed by atoms with Crippen LogP contribution in [0.15, 0.2) is 24.3 Å². The van der Waals surface area contributed by atoms with Gasteiger partial charge in [-0.2, -0.15) is 15.0 Å². The Labute approximate surface area is 99.7 Å². The molecule has 0 saturated carbocycles. The summed E-state index contributed by atoms with van der Waals surface area (Å²) in [5.74, 6) is 0.883. The summed E-state index contributed by atoms with van der Waals surface area (Å²) in [5.41, 5.74) is 1.12. The smallest absolute Gasteiger partial charge is 0.229 e. The largest absolute Gasteiger partial charge is 0.357 e. The molecule has 0 aliphatic rings. The molecule has 1 rings (SSSR count). The standard InChI is InChI=1S/C10H14ClN5/c1-4-5-7(2)6-13-10-15-8(11)14-9(12-3)16-10/h4-5H,1,6H2,2-3H3,(H2,12,13,14,15,16). The lowest BCUT2D eigenvalue weighted by Crippen LogP contribution is -2.09. The first kappa shape index (κ1) is 12.4. The van der Waals surface area contributed by atoms with Crippen LogP contribution in [0.25, 0.3) is 0 Å². The molecule has 6 heteroatoms. The summed E-state index contributed by atoms with van der Waals surface area (Å²) in [4.78, 5) is 11.9. The molecule has 0 bridgehead atoms. The fourth-order valence-electron chi connectivity index (χ4n) is 1.02. The molecule has 0 aromatic carbocycles. The predicted octanol–water partition coefficient (Wildman–Crippen LogP) is 2.11. The summed E-state index contributed by atoms with van der Waals surface area (Å²) in [7, 11) is 1.72. The van der Waals surface area contributed by atoms with E-state index < -0.39 is 0 Å². The molecule has 5 nitrogen and oxygen atoms in total. The van der Waals surface area contributed by atoms with E-state index in [4.69, 9.17) is 11.6 Å². The molecule has 0 fully saturated rings. The van der Waals surface area contributed by atoms with Crippen molar-refractivity contribution in [2.75, 3.05) is 24.2 Å². The van der Waals surface area contributed by atoms with Crippen molar-refractivity contribution in [2.45, 2.75) is 6.92 Å². The van der Waals surface area contributed by atoms with E-state index in [9.17, 15) is 0 Å². The van der Waals surface area contributed by atoms with E-state index in [2.05, 4.69) is 32.2 Å². The summed E-state index contributed by atoms with van der Waals surface area (Å²) in [6.45, 7) is 6.24. The van der Waals surface area contributed by atoms with Gasteiger partial charge in [-0.05, 0) is 18.5 Å². The van der Waals surface area contributed by atoms with Gasteiger partial charge in [-0.15, -0.1) is 0 Å². The zero-order valence-electron chi connectivity index (χ0n) is 9.29. The monoisotopic (exact) mass is 239 g/mol. The molecular formula is C10H14ClN5. The Balaban J connectivity index is 2.70. The molecule has 0 amide bonds. The van der Waals surface area contributed by atoms with Crippen LogP contribution < -0.4 is 10.6 Å². The second-order valence-electron chi connectivity index (χ2n) is 3.10. The Morgan fingerprint density at radius 3 is 2.69 bits per heavy atom. The zero-order chi connectivity index (χ0) is 12.0. The van der Waals surface area contributed by atoms with Gasteiger partial charge in [-0.3, -0.25) is 0 Å². The van der Waals surface area contributed by atoms with Crippen molar-refractivity contribution in [1.29, 1.82) is 0 Å². The van der Waals surface area contributed by atoms with Gasteiger partial charge in [-0.1, -0.05) is 24.3 Å². The zero-order valence-corrected chi connectivity index (χ0v) is 10.0. The first-order valence-electron chi connectivity index (χ1n) is 4.77. The van der Waals surface area contributed by atoms with Gasteiger partial charge in [-0.25, -0.2) is 0 Å². The van der Waals surface area contributed by atoms with Crippen molar-refractivity contribution in [3.8, 4) is 0 Å². The molecule has 0 aliphatic heterocycles. The van der Waals surface area contributed by atoms with Crippen molar-refractivity contribution < 1.29 is 0 Å². The topological polar surface area (TPSA) is 62.7 Å². The van der Waals surface area contributed by atoms with Crippen LogP contribution in [0.3, 0.4) is 0 Å². The molecule has 1 heterocycles. The second-order valence-corrected chi connectivity index (χ2v) is 3.44. The molecule has 2 N–H and O–H groups in total. The lowest BCUT2D eigenvalue weighted by molar-refractivity contribution is 1.02. The lowest BCUT2D eigenvalue weighted by atomic mass is 10.3. The van der Waals surface area contributed by atoms with Crippen LogP contribution in [0.2, 0.25) is 5.28 Å². The minimum absolute atomic E-state index is 0.159. The molecule has 0 spiro atoms. The first-order chi connectivity index (χ1) is 7.65. The molecule has 0 saturated heterocycles. The SMILES string of the molecule is C=CC=C(C)CNc1nc(Cl)nc(NC)n1. The number of anilines is 2. The van der Waals surface area contributed by atoms with E-state index in [-0.39, 0.29) is 5.28 Å². The molecule has 1 aromatic heterocycles. The molecule has 0 radical (unpaired) electrons. The average Bonchev–Trinajstić information content (AvgIpc) is 2.26. The van der Waals surface area contributed by atoms with Crippen LogP contribution in [0.1, 0.15) is 6.92 Å². The van der Waals surface area contributed by atoms with E-state index in [1.54, 1.807) is 13.1 Å². The highest BCUT2D eigenvalue weighted by molar-refractivity contribution is 6.28. The van der Waals surface area contributed by atoms with Crippen molar-refractivity contribution in [3.05, 3.63) is 29.6 Å². The van der Waals surface area contributed by atoms with Crippen molar-refractivity contribution in [3.63, 3.8) is 0 Å². The molecule has 86 valence electrons. The van der Waals surface area contributed by atoms with Crippen molar-refractivity contribution >= 4 is 23.5 Å². The third-order valence-electron chi connectivity index (χ3n) is 1.76. The Morgan fingerprint density at radius 2 is 2.06 bits per heavy atom. The maximum Gasteiger partial charge on any atom is 0.229 e. The third-order valence-corrected chi connectivity index (χ3v) is 1.93. The molecule has 1 aromatic rings. The van der Waals surface area contributed by atoms with Crippen LogP contribution in [-0.4, -0.2) is 28.5 Å². The number of aromatic nitrogens is 3. The van der Waals surface area contributed by atoms with Gasteiger partial charge < -0.3 is 10.6 Å². The van der Waals surface area contributed by atoms with Gasteiger partial charge in [0, 0.05) is 13.6 Å². The fraction of sp³-hybridized carbons (Fsp3) is 0.300. The number of hydrogen-bond donors (Lipinski definition) is 2. The minimum atomic E-state index is 0.159. The molecular weight excluding hydrogens is 226 g/mol. The van der Waals surface area contributed by atoms with Gasteiger partial charge in [0.1, 0.15) is 0 Å². The van der Waals surface area contributed by atoms with Crippen molar-refractivity contribution in [1.82, 2.24) is 15.0 Å². The minimum Gasteiger partial charge on any atom is -0.357 e. The molecule has 0 unspecified atom stereocenters. The fourth-order valence-corrected chi connectivity index (χ4v) is 1.18. The van der Waals surface area contributed by atoms with E-state index in [1.807, 2.05) is 13.0 Å². The van der Waals surface area contributed by atoms with Crippen LogP contribution >= 0.6 is 11.6 Å². The number of hydrogen-bond acceptors (Lipinski definition) is 5. The number of nitrogens with one attached hydrogen (secondary N) is 2. The van der Waals surface area contributed by atoms with Crippen LogP contribution in [0.5, 0.6) is 0 Å². The number of halogens is 1. The van der Waals surface area contributed by atoms with Gasteiger partial charge in [0.15, 0.2) is 0 Å². The Bertz CT molecular complexity index is 402. The summed E-state index contributed by atoms with van der Waals surface area (Å²) >= 11 is 5.73. The quantitative estimate of drug-likeness (QED) is 0.771. The Kier molecular flexibility index (Phi) is 4.72. The Morgan fingerprint density at radius 1 is 1.38 bits per heavy atom. The van der Waals surface area contributed by atoms with E-state index in [1.165, 1.54) is 0 Å². The first-order valence-corrected chi connectivity index (χ1v) is 5.15. The second kappa shape index (κ2) is 6.07. The molecule has 0 aliphatic carbocycles. The molecule has 16 heavy (non-hydrogen) atoms. The van der Waals surface area contributed by atoms with E-state index in [0.29, 0.717) is 18.4 Å². The predicted molar refractivity (Wildman–Crippen MR) is 66.8 cm³/mol. The van der Waals surface area contributed by atoms with Gasteiger partial charge in [0.25, 0.3) is 0 Å². The highest BCUT2D eigenvalue weighted by atomic mass is 35.5. The maximum atomic E-state index is 5.73. The Hall–Kier alpha value is -1.62. The van der Waals surface area contributed by atoms with Crippen molar-refractivity contribution in [2.24, 2.45) is 0 Å². The summed E-state index contributed by atoms with van der Waals surface area (Å²) < 4.78 is 0. The van der Waals surface area contributed by atoms with Gasteiger partial charge in [0.2, 0.25) is 17.2 Å². The summed E-state index contributed by atoms with van der Waals surface area (Å²) in [5, 5.41) is 6.01. The molecule has 0 atom stereocenters. The average molecular weight is 240 g/mol. The summed E-state index contributed by atoms with van der Waals surface area (Å²) in [6.07, 6.45) is 3.64. The van der Waals surface area contributed by atoms with E-state index >= 15 is 0 Å². The summed E-state index contributed by atoms with van der Waals surface area (Å²) in [6, 6.07) is 0. The third kappa shape index (κ3) is 3.86. The normalized spacial score (nSPS) is 11.1. The van der Waals surface area contributed by atoms with Crippen LogP contribution in [0.4, 0.5) is 11.9 Å². The number of nitrogens with zero attached hydrogens (tertiary/aromatic N) is 3. The maximum absolute atomic E-state index is 5.73. The van der Waals surface area contributed by atoms with Crippen LogP contribution in [-0.2, 0) is 0 Å². The highest BCUT2D eigenvalue weighted by Crippen LogP contribution is 2.09. The van der Waals surface area contributed by atoms with Crippen LogP contribution in [0, 0.1) is 0 Å². The van der Waals surface area contributed by atoms with Gasteiger partial charge >= 0.3 is 0 Å². The highest BCUT2D eigenvalue weighted by Gasteiger charge is 2.02. The lowest BCUT2D eigenvalue weighted by Gasteiger charge is -2.06. The number of allylic oxidation sites excluding steroid dienone is 2. The number of rotatable bonds is 5. The van der Waals surface area contributed by atoms with Gasteiger partial charge in [0.05, 0.1) is 0 Å². The van der Waals surface area contributed by atoms with E-state index in [0.717, 1.165) is 5.57 Å².